The summed E-state index contributed by atoms with van der Waals surface area (Å²) in [5.41, 5.74) is 10.2. The zero-order valence-corrected chi connectivity index (χ0v) is 21.5. The summed E-state index contributed by atoms with van der Waals surface area (Å²) in [6, 6.07) is 46.1. The highest BCUT2D eigenvalue weighted by atomic mass is 16.3. The fourth-order valence-electron chi connectivity index (χ4n) is 5.68. The van der Waals surface area contributed by atoms with Gasteiger partial charge in [-0.1, -0.05) is 78.9 Å². The third kappa shape index (κ3) is 3.62. The van der Waals surface area contributed by atoms with Gasteiger partial charge in [-0.3, -0.25) is 4.98 Å². The number of hydrogen-bond donors (Lipinski definition) is 0. The Labute approximate surface area is 230 Å². The molecular weight excluding hydrogens is 490 g/mol. The van der Waals surface area contributed by atoms with E-state index in [2.05, 4.69) is 101 Å². The largest absolute Gasteiger partial charge is 0.436 e. The summed E-state index contributed by atoms with van der Waals surface area (Å²) < 4.78 is 8.60. The van der Waals surface area contributed by atoms with Gasteiger partial charge in [-0.05, 0) is 65.7 Å². The molecule has 0 saturated carbocycles. The van der Waals surface area contributed by atoms with Crippen LogP contribution >= 0.6 is 0 Å². The van der Waals surface area contributed by atoms with Crippen molar-refractivity contribution in [2.75, 3.05) is 0 Å². The summed E-state index contributed by atoms with van der Waals surface area (Å²) in [4.78, 5) is 9.44. The quantitative estimate of drug-likeness (QED) is 0.235. The first-order valence-corrected chi connectivity index (χ1v) is 13.3. The van der Waals surface area contributed by atoms with Gasteiger partial charge < -0.3 is 8.98 Å². The first kappa shape index (κ1) is 22.5. The Morgan fingerprint density at radius 1 is 0.575 bits per heavy atom. The van der Waals surface area contributed by atoms with Crippen LogP contribution < -0.4 is 0 Å². The maximum absolute atomic E-state index is 6.26. The maximum Gasteiger partial charge on any atom is 0.227 e. The van der Waals surface area contributed by atoms with E-state index in [0.29, 0.717) is 5.89 Å². The summed E-state index contributed by atoms with van der Waals surface area (Å²) in [6.45, 7) is 0. The number of aromatic nitrogens is 3. The maximum atomic E-state index is 6.26. The van der Waals surface area contributed by atoms with Gasteiger partial charge in [0.25, 0.3) is 0 Å². The van der Waals surface area contributed by atoms with E-state index in [-0.39, 0.29) is 0 Å². The van der Waals surface area contributed by atoms with Crippen LogP contribution in [0.25, 0.3) is 72.4 Å². The lowest BCUT2D eigenvalue weighted by Gasteiger charge is -2.12. The predicted molar refractivity (Wildman–Crippen MR) is 162 cm³/mol. The Bertz CT molecular complexity index is 2130. The molecule has 188 valence electrons. The molecule has 40 heavy (non-hydrogen) atoms. The van der Waals surface area contributed by atoms with Crippen LogP contribution in [-0.2, 0) is 0 Å². The average molecular weight is 514 g/mol. The highest BCUT2D eigenvalue weighted by Gasteiger charge is 2.20. The van der Waals surface area contributed by atoms with E-state index in [0.717, 1.165) is 55.8 Å². The van der Waals surface area contributed by atoms with E-state index < -0.39 is 0 Å². The second-order valence-electron chi connectivity index (χ2n) is 9.89. The van der Waals surface area contributed by atoms with E-state index in [9.17, 15) is 0 Å². The highest BCUT2D eigenvalue weighted by Crippen LogP contribution is 2.42. The van der Waals surface area contributed by atoms with Gasteiger partial charge in [-0.15, -0.1) is 0 Å². The molecule has 0 spiro atoms. The fourth-order valence-corrected chi connectivity index (χ4v) is 5.68. The summed E-state index contributed by atoms with van der Waals surface area (Å²) in [5, 5.41) is 2.40. The number of fused-ring (bicyclic) bond motifs is 4. The topological polar surface area (TPSA) is 43.9 Å². The smallest absolute Gasteiger partial charge is 0.227 e. The molecule has 3 aromatic heterocycles. The van der Waals surface area contributed by atoms with Crippen molar-refractivity contribution in [3.05, 3.63) is 140 Å². The summed E-state index contributed by atoms with van der Waals surface area (Å²) in [6.07, 6.45) is 1.83. The van der Waals surface area contributed by atoms with Gasteiger partial charge in [0.15, 0.2) is 5.58 Å². The van der Waals surface area contributed by atoms with E-state index in [1.165, 1.54) is 10.8 Å². The molecular formula is C36H23N3O. The van der Waals surface area contributed by atoms with Crippen molar-refractivity contribution in [1.82, 2.24) is 14.5 Å². The lowest BCUT2D eigenvalue weighted by atomic mass is 9.97. The minimum absolute atomic E-state index is 0.610. The standard InChI is InChI=1S/C36H23N3O/c1-2-11-24(12-3-1)29-22-26(36-38-31-17-5-7-19-34(31)40-36)23-33-35(29)28-15-4-6-18-32(28)39(33)27-14-10-13-25(21-27)30-16-8-9-20-37-30/h1-23H. The zero-order valence-electron chi connectivity index (χ0n) is 21.5. The van der Waals surface area contributed by atoms with E-state index in [4.69, 9.17) is 9.40 Å². The molecule has 3 heterocycles. The second kappa shape index (κ2) is 9.07. The molecule has 0 amide bonds. The predicted octanol–water partition coefficient (Wildman–Crippen LogP) is 9.32. The van der Waals surface area contributed by atoms with Crippen LogP contribution in [0, 0.1) is 0 Å². The molecule has 0 aliphatic carbocycles. The van der Waals surface area contributed by atoms with Gasteiger partial charge in [0.1, 0.15) is 5.52 Å². The van der Waals surface area contributed by atoms with Crippen LogP contribution in [0.4, 0.5) is 0 Å². The fraction of sp³-hybridized carbons (Fsp3) is 0. The Kier molecular flexibility index (Phi) is 5.10. The molecule has 0 saturated heterocycles. The summed E-state index contributed by atoms with van der Waals surface area (Å²) >= 11 is 0. The van der Waals surface area contributed by atoms with Crippen molar-refractivity contribution >= 4 is 32.9 Å². The van der Waals surface area contributed by atoms with E-state index in [1.54, 1.807) is 0 Å². The van der Waals surface area contributed by atoms with Gasteiger partial charge in [-0.2, -0.15) is 0 Å². The molecule has 8 aromatic rings. The van der Waals surface area contributed by atoms with Crippen LogP contribution in [0.15, 0.2) is 144 Å². The summed E-state index contributed by atoms with van der Waals surface area (Å²) in [7, 11) is 0. The molecule has 0 radical (unpaired) electrons. The van der Waals surface area contributed by atoms with Crippen LogP contribution in [0.1, 0.15) is 0 Å². The van der Waals surface area contributed by atoms with Crippen molar-refractivity contribution in [2.24, 2.45) is 0 Å². The third-order valence-electron chi connectivity index (χ3n) is 7.46. The Morgan fingerprint density at radius 3 is 2.25 bits per heavy atom. The number of oxazole rings is 1. The SMILES string of the molecule is c1ccc(-c2cc(-c3nc4ccccc4o3)cc3c2c2ccccc2n3-c2cccc(-c3ccccn3)c2)cc1. The molecule has 0 aliphatic heterocycles. The Hall–Kier alpha value is -5.48. The normalized spacial score (nSPS) is 11.5. The second-order valence-corrected chi connectivity index (χ2v) is 9.89. The van der Waals surface area contributed by atoms with Crippen LogP contribution in [-0.4, -0.2) is 14.5 Å². The van der Waals surface area contributed by atoms with Gasteiger partial charge in [0, 0.05) is 33.8 Å². The number of hydrogen-bond acceptors (Lipinski definition) is 3. The third-order valence-corrected chi connectivity index (χ3v) is 7.46. The monoisotopic (exact) mass is 513 g/mol. The molecule has 0 fully saturated rings. The first-order valence-electron chi connectivity index (χ1n) is 13.3. The van der Waals surface area contributed by atoms with E-state index >= 15 is 0 Å². The minimum Gasteiger partial charge on any atom is -0.436 e. The Morgan fingerprint density at radius 2 is 1.38 bits per heavy atom. The molecule has 0 atom stereocenters. The van der Waals surface area contributed by atoms with Crippen molar-refractivity contribution in [3.63, 3.8) is 0 Å². The average Bonchev–Trinajstić information content (AvgIpc) is 3.61. The molecule has 4 heteroatoms. The van der Waals surface area contributed by atoms with Crippen LogP contribution in [0.5, 0.6) is 0 Å². The lowest BCUT2D eigenvalue weighted by Crippen LogP contribution is -1.95. The van der Waals surface area contributed by atoms with Crippen LogP contribution in [0.2, 0.25) is 0 Å². The zero-order chi connectivity index (χ0) is 26.5. The number of rotatable bonds is 4. The van der Waals surface area contributed by atoms with Crippen molar-refractivity contribution in [3.8, 4) is 39.5 Å². The molecule has 8 rings (SSSR count). The van der Waals surface area contributed by atoms with Crippen molar-refractivity contribution in [1.29, 1.82) is 0 Å². The molecule has 4 nitrogen and oxygen atoms in total. The molecule has 0 N–H and O–H groups in total. The number of benzene rings is 5. The highest BCUT2D eigenvalue weighted by molar-refractivity contribution is 6.16. The van der Waals surface area contributed by atoms with Gasteiger partial charge in [0.2, 0.25) is 5.89 Å². The van der Waals surface area contributed by atoms with Gasteiger partial charge >= 0.3 is 0 Å². The van der Waals surface area contributed by atoms with Gasteiger partial charge in [-0.25, -0.2) is 4.98 Å². The lowest BCUT2D eigenvalue weighted by molar-refractivity contribution is 0.620. The Balaban J connectivity index is 1.47. The van der Waals surface area contributed by atoms with Crippen molar-refractivity contribution < 1.29 is 4.42 Å². The number of pyridine rings is 1. The molecule has 0 unspecified atom stereocenters. The molecule has 0 bridgehead atoms. The number of nitrogens with zero attached hydrogens (tertiary/aromatic N) is 3. The molecule has 5 aromatic carbocycles. The summed E-state index contributed by atoms with van der Waals surface area (Å²) in [5.74, 6) is 0.610. The first-order chi connectivity index (χ1) is 19.8. The minimum atomic E-state index is 0.610. The molecule has 0 aliphatic rings. The van der Waals surface area contributed by atoms with Gasteiger partial charge in [0.05, 0.1) is 16.7 Å². The van der Waals surface area contributed by atoms with Crippen molar-refractivity contribution in [2.45, 2.75) is 0 Å². The van der Waals surface area contributed by atoms with E-state index in [1.807, 2.05) is 48.7 Å². The number of para-hydroxylation sites is 3. The van der Waals surface area contributed by atoms with Crippen LogP contribution in [0.3, 0.4) is 0 Å².